The molecule has 25 heteroatoms. The van der Waals surface area contributed by atoms with E-state index in [0.717, 1.165) is 0 Å². The van der Waals surface area contributed by atoms with Gasteiger partial charge in [-0.25, -0.2) is 28.6 Å². The fourth-order valence-electron chi connectivity index (χ4n) is 3.02. The number of nitrogen functional groups attached to an aromatic ring is 1. The first-order chi connectivity index (χ1) is 17.5. The Balaban J connectivity index is 0.000000793. The van der Waals surface area contributed by atoms with Crippen molar-refractivity contribution in [2.45, 2.75) is 43.8 Å². The lowest BCUT2D eigenvalue weighted by Crippen LogP contribution is -2.51. The van der Waals surface area contributed by atoms with E-state index in [0.29, 0.717) is 6.42 Å². The molecule has 1 aliphatic heterocycles. The molecule has 1 fully saturated rings. The standard InChI is InChI=1S/C14H19N5O5.3H3O4P/c1-2-3-8(21)14(11(23)10(22)7(4-20)24-14)19-6-18-9-12(15)16-5-17-13(9)19;3*1-5(2,3)4/h5-7,10-11,20,22-23H,2-4H2,1H3,(H2,15,16,17);3*(H3,1,2,3,4)/t7-,10-,11-,14-;;;/m1.../s1. The van der Waals surface area contributed by atoms with Crippen molar-refractivity contribution < 1.29 is 82.6 Å². The van der Waals surface area contributed by atoms with Crippen LogP contribution >= 0.6 is 23.5 Å². The van der Waals surface area contributed by atoms with Crippen LogP contribution in [0.15, 0.2) is 12.7 Å². The second kappa shape index (κ2) is 14.7. The zero-order valence-corrected chi connectivity index (χ0v) is 22.3. The Morgan fingerprint density at radius 3 is 1.82 bits per heavy atom. The van der Waals surface area contributed by atoms with Crippen molar-refractivity contribution in [2.75, 3.05) is 12.3 Å². The maximum atomic E-state index is 12.8. The van der Waals surface area contributed by atoms with Crippen LogP contribution in [0.1, 0.15) is 19.8 Å². The van der Waals surface area contributed by atoms with Gasteiger partial charge in [-0.3, -0.25) is 9.36 Å². The van der Waals surface area contributed by atoms with E-state index in [1.54, 1.807) is 6.92 Å². The maximum absolute atomic E-state index is 12.8. The molecule has 3 heterocycles. The van der Waals surface area contributed by atoms with E-state index in [4.69, 9.17) is 68.2 Å². The quantitative estimate of drug-likeness (QED) is 0.139. The highest BCUT2D eigenvalue weighted by molar-refractivity contribution is 7.45. The number of anilines is 1. The number of aromatic nitrogens is 4. The molecule has 0 saturated carbocycles. The van der Waals surface area contributed by atoms with Gasteiger partial charge in [0.25, 0.3) is 0 Å². The highest BCUT2D eigenvalue weighted by atomic mass is 31.2. The predicted octanol–water partition coefficient (Wildman–Crippen LogP) is -4.24. The van der Waals surface area contributed by atoms with Crippen molar-refractivity contribution in [2.24, 2.45) is 0 Å². The highest BCUT2D eigenvalue weighted by Gasteiger charge is 2.60. The van der Waals surface area contributed by atoms with E-state index in [-0.39, 0.29) is 23.4 Å². The van der Waals surface area contributed by atoms with Gasteiger partial charge in [0.1, 0.15) is 36.5 Å². The van der Waals surface area contributed by atoms with Crippen LogP contribution in [0.5, 0.6) is 0 Å². The predicted molar refractivity (Wildman–Crippen MR) is 124 cm³/mol. The number of carbonyl (C=O) groups excluding carboxylic acids is 1. The molecule has 2 aromatic rings. The molecule has 0 spiro atoms. The number of rotatable bonds is 5. The summed E-state index contributed by atoms with van der Waals surface area (Å²) >= 11 is 0. The fraction of sp³-hybridized carbons (Fsp3) is 0.571. The molecule has 226 valence electrons. The minimum atomic E-state index is -4.64. The number of nitrogens with zero attached hydrogens (tertiary/aromatic N) is 4. The lowest BCUT2D eigenvalue weighted by molar-refractivity contribution is -0.174. The maximum Gasteiger partial charge on any atom is 0.466 e. The Morgan fingerprint density at radius 2 is 1.44 bits per heavy atom. The van der Waals surface area contributed by atoms with Crippen LogP contribution < -0.4 is 5.73 Å². The molecule has 0 aromatic carbocycles. The number of hydrogen-bond donors (Lipinski definition) is 13. The molecule has 0 radical (unpaired) electrons. The molecular formula is C14H28N5O17P3. The third-order valence-electron chi connectivity index (χ3n) is 4.21. The fourth-order valence-corrected chi connectivity index (χ4v) is 3.02. The van der Waals surface area contributed by atoms with E-state index in [1.165, 1.54) is 17.2 Å². The van der Waals surface area contributed by atoms with Gasteiger partial charge in [0.2, 0.25) is 5.72 Å². The molecule has 2 aromatic heterocycles. The molecule has 4 atom stereocenters. The lowest BCUT2D eigenvalue weighted by Gasteiger charge is -2.32. The molecule has 1 aliphatic rings. The molecule has 0 bridgehead atoms. The van der Waals surface area contributed by atoms with Crippen molar-refractivity contribution in [1.82, 2.24) is 19.5 Å². The summed E-state index contributed by atoms with van der Waals surface area (Å²) in [6, 6.07) is 0. The summed E-state index contributed by atoms with van der Waals surface area (Å²) < 4.78 is 33.5. The van der Waals surface area contributed by atoms with Gasteiger partial charge in [0.15, 0.2) is 17.2 Å². The van der Waals surface area contributed by atoms with Gasteiger partial charge in [-0.15, -0.1) is 0 Å². The van der Waals surface area contributed by atoms with Crippen LogP contribution in [0.2, 0.25) is 0 Å². The largest absolute Gasteiger partial charge is 0.466 e. The number of nitrogens with two attached hydrogens (primary N) is 1. The molecule has 0 aliphatic carbocycles. The molecular weight excluding hydrogens is 603 g/mol. The van der Waals surface area contributed by atoms with Crippen molar-refractivity contribution in [1.29, 1.82) is 0 Å². The first kappa shape index (κ1) is 37.2. The number of hydrogen-bond acceptors (Lipinski definition) is 12. The summed E-state index contributed by atoms with van der Waals surface area (Å²) in [4.78, 5) is 89.5. The van der Waals surface area contributed by atoms with Crippen LogP contribution in [-0.4, -0.2) is 110 Å². The van der Waals surface area contributed by atoms with Crippen LogP contribution in [0, 0.1) is 0 Å². The van der Waals surface area contributed by atoms with Crippen molar-refractivity contribution in [3.8, 4) is 0 Å². The Hall–Kier alpha value is -1.81. The Labute approximate surface area is 217 Å². The molecule has 39 heavy (non-hydrogen) atoms. The molecule has 3 rings (SSSR count). The van der Waals surface area contributed by atoms with E-state index >= 15 is 0 Å². The smallest absolute Gasteiger partial charge is 0.394 e. The summed E-state index contributed by atoms with van der Waals surface area (Å²) in [5, 5.41) is 30.1. The topological polar surface area (TPSA) is 390 Å². The van der Waals surface area contributed by atoms with Crippen molar-refractivity contribution in [3.05, 3.63) is 12.7 Å². The summed E-state index contributed by atoms with van der Waals surface area (Å²) in [5.41, 5.74) is 4.27. The van der Waals surface area contributed by atoms with E-state index in [2.05, 4.69) is 15.0 Å². The number of Topliss-reactive ketones (excluding diaryl/α,β-unsaturated/α-hetero) is 1. The van der Waals surface area contributed by atoms with Gasteiger partial charge in [-0.05, 0) is 6.42 Å². The summed E-state index contributed by atoms with van der Waals surface area (Å²) in [7, 11) is -13.9. The van der Waals surface area contributed by atoms with Crippen LogP contribution in [0.3, 0.4) is 0 Å². The van der Waals surface area contributed by atoms with E-state index < -0.39 is 59.9 Å². The third-order valence-corrected chi connectivity index (χ3v) is 4.21. The van der Waals surface area contributed by atoms with Crippen molar-refractivity contribution >= 4 is 46.2 Å². The zero-order chi connectivity index (χ0) is 31.0. The Kier molecular flexibility index (Phi) is 14.0. The normalized spacial score (nSPS) is 23.1. The number of ether oxygens (including phenoxy) is 1. The minimum Gasteiger partial charge on any atom is -0.394 e. The number of aliphatic hydroxyl groups excluding tert-OH is 3. The van der Waals surface area contributed by atoms with Crippen LogP contribution in [-0.2, 0) is 29.0 Å². The summed E-state index contributed by atoms with van der Waals surface area (Å²) in [6.45, 7) is 1.25. The number of aliphatic hydroxyl groups is 3. The monoisotopic (exact) mass is 631 g/mol. The third kappa shape index (κ3) is 12.9. The SMILES string of the molecule is CCCC(=O)[C@@]1(n2cnc3c(N)ncnc32)O[C@H](CO)[C@@H](O)[C@H]1O.O=P(O)(O)O.O=P(O)(O)O.O=P(O)(O)O. The van der Waals surface area contributed by atoms with Gasteiger partial charge in [-0.2, -0.15) is 0 Å². The first-order valence-electron chi connectivity index (χ1n) is 9.94. The van der Waals surface area contributed by atoms with Gasteiger partial charge < -0.3 is 69.8 Å². The number of phosphoric acid groups is 3. The minimum absolute atomic E-state index is 0.0994. The van der Waals surface area contributed by atoms with Gasteiger partial charge in [0, 0.05) is 6.42 Å². The van der Waals surface area contributed by atoms with E-state index in [9.17, 15) is 20.1 Å². The average molecular weight is 631 g/mol. The average Bonchev–Trinajstić information content (AvgIpc) is 3.26. The number of ketones is 1. The second-order valence-electron chi connectivity index (χ2n) is 7.23. The van der Waals surface area contributed by atoms with Crippen LogP contribution in [0.25, 0.3) is 11.2 Å². The van der Waals surface area contributed by atoms with Gasteiger partial charge >= 0.3 is 23.5 Å². The number of carbonyl (C=O) groups is 1. The molecule has 0 amide bonds. The lowest BCUT2D eigenvalue weighted by atomic mass is 9.95. The zero-order valence-electron chi connectivity index (χ0n) is 19.6. The summed E-state index contributed by atoms with van der Waals surface area (Å²) in [5.74, 6) is -0.340. The van der Waals surface area contributed by atoms with Crippen molar-refractivity contribution in [3.63, 3.8) is 0 Å². The Morgan fingerprint density at radius 1 is 0.974 bits per heavy atom. The number of imidazole rings is 1. The molecule has 14 N–H and O–H groups in total. The van der Waals surface area contributed by atoms with Gasteiger partial charge in [-0.1, -0.05) is 6.92 Å². The Bertz CT molecular complexity index is 1150. The molecule has 22 nitrogen and oxygen atoms in total. The highest BCUT2D eigenvalue weighted by Crippen LogP contribution is 2.39. The molecule has 1 saturated heterocycles. The summed E-state index contributed by atoms with van der Waals surface area (Å²) in [6.07, 6.45) is -1.07. The van der Waals surface area contributed by atoms with Crippen LogP contribution in [0.4, 0.5) is 5.82 Å². The number of fused-ring (bicyclic) bond motifs is 1. The van der Waals surface area contributed by atoms with Gasteiger partial charge in [0.05, 0.1) is 6.61 Å². The first-order valence-corrected chi connectivity index (χ1v) is 14.6. The van der Waals surface area contributed by atoms with E-state index in [1.807, 2.05) is 0 Å². The molecule has 0 unspecified atom stereocenters. The second-order valence-corrected chi connectivity index (χ2v) is 10.3.